The first-order valence-electron chi connectivity index (χ1n) is 10.3. The predicted molar refractivity (Wildman–Crippen MR) is 114 cm³/mol. The van der Waals surface area contributed by atoms with E-state index in [1.807, 2.05) is 0 Å². The van der Waals surface area contributed by atoms with Crippen LogP contribution in [0.4, 0.5) is 5.69 Å². The highest BCUT2D eigenvalue weighted by molar-refractivity contribution is 7.80. The van der Waals surface area contributed by atoms with E-state index in [9.17, 15) is 0 Å². The number of aryl methyl sites for hydroxylation is 1. The summed E-state index contributed by atoms with van der Waals surface area (Å²) in [5.41, 5.74) is 2.09. The maximum Gasteiger partial charge on any atom is 0.171 e. The van der Waals surface area contributed by atoms with Crippen molar-refractivity contribution in [1.82, 2.24) is 20.1 Å². The van der Waals surface area contributed by atoms with Crippen LogP contribution in [0.1, 0.15) is 57.7 Å². The van der Waals surface area contributed by atoms with Crippen LogP contribution < -0.4 is 10.6 Å². The fourth-order valence-corrected chi connectivity index (χ4v) is 4.57. The lowest BCUT2D eigenvalue weighted by molar-refractivity contribution is 0.309. The van der Waals surface area contributed by atoms with Crippen LogP contribution in [0.2, 0.25) is 0 Å². The van der Waals surface area contributed by atoms with Crippen LogP contribution in [0.3, 0.4) is 0 Å². The molecule has 1 aromatic carbocycles. The molecule has 0 radical (unpaired) electrons. The molecule has 1 saturated carbocycles. The average Bonchev–Trinajstić information content (AvgIpc) is 2.92. The SMILES string of the molecule is C[C@@H]1CCCC[C@H]1NC(=S)Nc1cccc(-c2nnc3n2CCCCC3)c1. The van der Waals surface area contributed by atoms with E-state index in [2.05, 4.69) is 56.6 Å². The number of aromatic nitrogens is 3. The Hall–Kier alpha value is -1.95. The number of anilines is 1. The Kier molecular flexibility index (Phi) is 5.72. The molecule has 2 N–H and O–H groups in total. The third-order valence-electron chi connectivity index (χ3n) is 5.92. The molecular formula is C21H29N5S. The summed E-state index contributed by atoms with van der Waals surface area (Å²) in [6.07, 6.45) is 9.82. The molecule has 1 aliphatic carbocycles. The van der Waals surface area contributed by atoms with E-state index in [1.54, 1.807) is 0 Å². The molecular weight excluding hydrogens is 354 g/mol. The van der Waals surface area contributed by atoms with E-state index < -0.39 is 0 Å². The molecule has 144 valence electrons. The van der Waals surface area contributed by atoms with Crippen molar-refractivity contribution < 1.29 is 0 Å². The van der Waals surface area contributed by atoms with E-state index in [1.165, 1.54) is 44.9 Å². The second kappa shape index (κ2) is 8.38. The van der Waals surface area contributed by atoms with Crippen molar-refractivity contribution >= 4 is 23.0 Å². The van der Waals surface area contributed by atoms with Gasteiger partial charge in [-0.2, -0.15) is 0 Å². The molecule has 0 saturated heterocycles. The molecule has 0 unspecified atom stereocenters. The van der Waals surface area contributed by atoms with Gasteiger partial charge in [0.1, 0.15) is 5.82 Å². The minimum absolute atomic E-state index is 0.481. The second-order valence-corrected chi connectivity index (χ2v) is 8.36. The normalized spacial score (nSPS) is 22.6. The lowest BCUT2D eigenvalue weighted by Gasteiger charge is -2.30. The Balaban J connectivity index is 1.46. The smallest absolute Gasteiger partial charge is 0.171 e. The minimum Gasteiger partial charge on any atom is -0.359 e. The summed E-state index contributed by atoms with van der Waals surface area (Å²) in [6, 6.07) is 8.82. The Morgan fingerprint density at radius 2 is 2.00 bits per heavy atom. The molecule has 2 aromatic rings. The Bertz CT molecular complexity index is 800. The maximum atomic E-state index is 5.57. The molecule has 5 nitrogen and oxygen atoms in total. The highest BCUT2D eigenvalue weighted by atomic mass is 32.1. The molecule has 1 aliphatic heterocycles. The first kappa shape index (κ1) is 18.4. The van der Waals surface area contributed by atoms with Gasteiger partial charge in [-0.3, -0.25) is 0 Å². The summed E-state index contributed by atoms with van der Waals surface area (Å²) in [7, 11) is 0. The van der Waals surface area contributed by atoms with Crippen molar-refractivity contribution in [1.29, 1.82) is 0 Å². The van der Waals surface area contributed by atoms with Gasteiger partial charge in [-0.15, -0.1) is 10.2 Å². The first-order chi connectivity index (χ1) is 13.2. The fourth-order valence-electron chi connectivity index (χ4n) is 4.30. The lowest BCUT2D eigenvalue weighted by atomic mass is 9.86. The number of nitrogens with one attached hydrogen (secondary N) is 2. The molecule has 27 heavy (non-hydrogen) atoms. The van der Waals surface area contributed by atoms with Gasteiger partial charge in [0.05, 0.1) is 0 Å². The molecule has 2 atom stereocenters. The van der Waals surface area contributed by atoms with Crippen molar-refractivity contribution in [2.24, 2.45) is 5.92 Å². The first-order valence-corrected chi connectivity index (χ1v) is 10.7. The van der Waals surface area contributed by atoms with E-state index in [4.69, 9.17) is 12.2 Å². The molecule has 1 fully saturated rings. The van der Waals surface area contributed by atoms with Crippen LogP contribution in [0.25, 0.3) is 11.4 Å². The Labute approximate surface area is 167 Å². The Morgan fingerprint density at radius 3 is 2.89 bits per heavy atom. The lowest BCUT2D eigenvalue weighted by Crippen LogP contribution is -2.43. The van der Waals surface area contributed by atoms with Crippen LogP contribution >= 0.6 is 12.2 Å². The highest BCUT2D eigenvalue weighted by Gasteiger charge is 2.22. The summed E-state index contributed by atoms with van der Waals surface area (Å²) in [6.45, 7) is 3.33. The number of hydrogen-bond donors (Lipinski definition) is 2. The zero-order valence-electron chi connectivity index (χ0n) is 16.1. The number of rotatable bonds is 3. The van der Waals surface area contributed by atoms with Gasteiger partial charge in [-0.25, -0.2) is 0 Å². The van der Waals surface area contributed by atoms with Crippen molar-refractivity contribution in [3.63, 3.8) is 0 Å². The van der Waals surface area contributed by atoms with Gasteiger partial charge in [0, 0.05) is 30.3 Å². The summed E-state index contributed by atoms with van der Waals surface area (Å²) in [4.78, 5) is 0. The van der Waals surface area contributed by atoms with E-state index in [0.29, 0.717) is 17.1 Å². The van der Waals surface area contributed by atoms with E-state index >= 15 is 0 Å². The van der Waals surface area contributed by atoms with Crippen LogP contribution in [-0.2, 0) is 13.0 Å². The Morgan fingerprint density at radius 1 is 1.11 bits per heavy atom. The summed E-state index contributed by atoms with van der Waals surface area (Å²) in [5, 5.41) is 16.5. The molecule has 0 amide bonds. The van der Waals surface area contributed by atoms with Gasteiger partial charge in [-0.05, 0) is 56.0 Å². The molecule has 2 aliphatic rings. The standard InChI is InChI=1S/C21H29N5S/c1-15-8-4-5-11-18(15)23-21(27)22-17-10-7-9-16(14-17)20-25-24-19-12-3-2-6-13-26(19)20/h7,9-10,14-15,18H,2-6,8,11-13H2,1H3,(H2,22,23,27)/t15-,18-/m1/s1. The van der Waals surface area contributed by atoms with E-state index in [0.717, 1.165) is 35.9 Å². The molecule has 0 spiro atoms. The molecule has 0 bridgehead atoms. The van der Waals surface area contributed by atoms with Crippen molar-refractivity contribution in [3.8, 4) is 11.4 Å². The van der Waals surface area contributed by atoms with Crippen LogP contribution in [0, 0.1) is 5.92 Å². The predicted octanol–water partition coefficient (Wildman–Crippen LogP) is 4.54. The number of nitrogens with zero attached hydrogens (tertiary/aromatic N) is 3. The van der Waals surface area contributed by atoms with Crippen molar-refractivity contribution in [2.75, 3.05) is 5.32 Å². The zero-order valence-corrected chi connectivity index (χ0v) is 16.9. The third-order valence-corrected chi connectivity index (χ3v) is 6.14. The molecule has 6 heteroatoms. The van der Waals surface area contributed by atoms with Crippen LogP contribution in [0.15, 0.2) is 24.3 Å². The van der Waals surface area contributed by atoms with Crippen LogP contribution in [-0.4, -0.2) is 25.9 Å². The molecule has 4 rings (SSSR count). The van der Waals surface area contributed by atoms with Gasteiger partial charge < -0.3 is 15.2 Å². The number of thiocarbonyl (C=S) groups is 1. The van der Waals surface area contributed by atoms with Gasteiger partial charge >= 0.3 is 0 Å². The van der Waals surface area contributed by atoms with Crippen LogP contribution in [0.5, 0.6) is 0 Å². The van der Waals surface area contributed by atoms with Crippen molar-refractivity contribution in [2.45, 2.75) is 70.9 Å². The molecule has 2 heterocycles. The fraction of sp³-hybridized carbons (Fsp3) is 0.571. The minimum atomic E-state index is 0.481. The molecule has 1 aromatic heterocycles. The monoisotopic (exact) mass is 383 g/mol. The summed E-state index contributed by atoms with van der Waals surface area (Å²) >= 11 is 5.57. The quantitative estimate of drug-likeness (QED) is 0.762. The van der Waals surface area contributed by atoms with Gasteiger partial charge in [0.15, 0.2) is 10.9 Å². The third kappa shape index (κ3) is 4.32. The largest absolute Gasteiger partial charge is 0.359 e. The highest BCUT2D eigenvalue weighted by Crippen LogP contribution is 2.26. The number of benzene rings is 1. The maximum absolute atomic E-state index is 5.57. The van der Waals surface area contributed by atoms with Gasteiger partial charge in [0.25, 0.3) is 0 Å². The van der Waals surface area contributed by atoms with E-state index in [-0.39, 0.29) is 0 Å². The zero-order chi connectivity index (χ0) is 18.6. The number of hydrogen-bond acceptors (Lipinski definition) is 3. The van der Waals surface area contributed by atoms with Crippen molar-refractivity contribution in [3.05, 3.63) is 30.1 Å². The van der Waals surface area contributed by atoms with Gasteiger partial charge in [0.2, 0.25) is 0 Å². The van der Waals surface area contributed by atoms with Gasteiger partial charge in [-0.1, -0.05) is 38.3 Å². The average molecular weight is 384 g/mol. The summed E-state index contributed by atoms with van der Waals surface area (Å²) < 4.78 is 2.28. The topological polar surface area (TPSA) is 54.8 Å². The second-order valence-electron chi connectivity index (χ2n) is 7.95. The summed E-state index contributed by atoms with van der Waals surface area (Å²) in [5.74, 6) is 2.76. The number of fused-ring (bicyclic) bond motifs is 1.